The van der Waals surface area contributed by atoms with Crippen LogP contribution in [0.2, 0.25) is 0 Å². The molecule has 1 heteroatoms. The quantitative estimate of drug-likeness (QED) is 0.231. The van der Waals surface area contributed by atoms with Crippen LogP contribution in [0.25, 0.3) is 49.7 Å². The Morgan fingerprint density at radius 2 is 1.18 bits per heavy atom. The molecule has 0 fully saturated rings. The van der Waals surface area contributed by atoms with Crippen molar-refractivity contribution in [3.05, 3.63) is 124 Å². The van der Waals surface area contributed by atoms with Crippen LogP contribution in [0.5, 0.6) is 0 Å². The number of fused-ring (bicyclic) bond motifs is 13. The Morgan fingerprint density at radius 3 is 2.03 bits per heavy atom. The summed E-state index contributed by atoms with van der Waals surface area (Å²) in [6.07, 6.45) is 3.08. The first-order chi connectivity index (χ1) is 16.9. The maximum Gasteiger partial charge on any atom is 0.0579 e. The van der Waals surface area contributed by atoms with Crippen LogP contribution in [-0.2, 0) is 19.3 Å². The molecule has 5 aromatic carbocycles. The summed E-state index contributed by atoms with van der Waals surface area (Å²) >= 11 is 0. The van der Waals surface area contributed by atoms with Gasteiger partial charge in [0.25, 0.3) is 0 Å². The van der Waals surface area contributed by atoms with Crippen molar-refractivity contribution in [3.8, 4) is 27.9 Å². The van der Waals surface area contributed by atoms with Gasteiger partial charge in [0.05, 0.1) is 16.7 Å². The van der Waals surface area contributed by atoms with Crippen molar-refractivity contribution >= 4 is 21.8 Å². The third-order valence-electron chi connectivity index (χ3n) is 8.49. The Bertz CT molecular complexity index is 1880. The molecule has 34 heavy (non-hydrogen) atoms. The number of hydrogen-bond acceptors (Lipinski definition) is 0. The van der Waals surface area contributed by atoms with Crippen LogP contribution in [-0.4, -0.2) is 4.57 Å². The lowest BCUT2D eigenvalue weighted by molar-refractivity contribution is 1.02. The minimum atomic E-state index is 1.01. The normalized spacial score (nSPS) is 14.1. The monoisotopic (exact) mass is 431 g/mol. The van der Waals surface area contributed by atoms with Gasteiger partial charge in [-0.2, -0.15) is 0 Å². The molecule has 1 aromatic heterocycles. The number of rotatable bonds is 0. The van der Waals surface area contributed by atoms with Crippen LogP contribution in [0.15, 0.2) is 91.0 Å². The average molecular weight is 432 g/mol. The number of para-hydroxylation sites is 1. The fourth-order valence-electron chi connectivity index (χ4n) is 7.11. The second-order valence-electron chi connectivity index (χ2n) is 10.1. The van der Waals surface area contributed by atoms with E-state index in [1.54, 1.807) is 0 Å². The van der Waals surface area contributed by atoms with Gasteiger partial charge in [0.1, 0.15) is 0 Å². The van der Waals surface area contributed by atoms with Gasteiger partial charge in [-0.1, -0.05) is 72.8 Å². The molecule has 0 unspecified atom stereocenters. The van der Waals surface area contributed by atoms with Crippen molar-refractivity contribution in [2.75, 3.05) is 0 Å². The third-order valence-corrected chi connectivity index (χ3v) is 8.49. The van der Waals surface area contributed by atoms with E-state index < -0.39 is 0 Å². The molecular weight excluding hydrogens is 410 g/mol. The predicted octanol–water partition coefficient (Wildman–Crippen LogP) is 7.83. The summed E-state index contributed by atoms with van der Waals surface area (Å²) < 4.78 is 2.57. The highest BCUT2D eigenvalue weighted by molar-refractivity contribution is 6.15. The third kappa shape index (κ3) is 1.94. The smallest absolute Gasteiger partial charge is 0.0579 e. The summed E-state index contributed by atoms with van der Waals surface area (Å²) in [6, 6.07) is 34.2. The lowest BCUT2D eigenvalue weighted by atomic mass is 9.88. The Balaban J connectivity index is 1.42. The summed E-state index contributed by atoms with van der Waals surface area (Å²) in [6.45, 7) is 0. The van der Waals surface area contributed by atoms with Gasteiger partial charge in [0.2, 0.25) is 0 Å². The molecule has 1 aliphatic heterocycles. The van der Waals surface area contributed by atoms with Crippen molar-refractivity contribution in [3.63, 3.8) is 0 Å². The number of aromatic nitrogens is 1. The Kier molecular flexibility index (Phi) is 3.00. The van der Waals surface area contributed by atoms with Crippen molar-refractivity contribution in [2.24, 2.45) is 0 Å². The van der Waals surface area contributed by atoms with E-state index in [0.29, 0.717) is 0 Å². The largest absolute Gasteiger partial charge is 0.309 e. The maximum atomic E-state index is 2.57. The molecule has 158 valence electrons. The maximum absolute atomic E-state index is 2.57. The summed E-state index contributed by atoms with van der Waals surface area (Å²) in [4.78, 5) is 0. The van der Waals surface area contributed by atoms with Crippen molar-refractivity contribution in [1.82, 2.24) is 4.57 Å². The van der Waals surface area contributed by atoms with Crippen molar-refractivity contribution < 1.29 is 0 Å². The molecule has 1 nitrogen and oxygen atoms in total. The average Bonchev–Trinajstić information content (AvgIpc) is 3.55. The van der Waals surface area contributed by atoms with Crippen LogP contribution in [0.3, 0.4) is 0 Å². The second-order valence-corrected chi connectivity index (χ2v) is 10.1. The van der Waals surface area contributed by atoms with E-state index in [4.69, 9.17) is 0 Å². The van der Waals surface area contributed by atoms with Crippen molar-refractivity contribution in [1.29, 1.82) is 0 Å². The molecule has 0 amide bonds. The number of hydrogen-bond donors (Lipinski definition) is 0. The first-order valence-corrected chi connectivity index (χ1v) is 12.3. The topological polar surface area (TPSA) is 4.93 Å². The zero-order chi connectivity index (χ0) is 22.0. The molecule has 3 aliphatic rings. The molecule has 2 heterocycles. The van der Waals surface area contributed by atoms with E-state index in [1.807, 2.05) is 0 Å². The number of benzene rings is 5. The highest BCUT2D eigenvalue weighted by atomic mass is 15.0. The van der Waals surface area contributed by atoms with Crippen LogP contribution >= 0.6 is 0 Å². The van der Waals surface area contributed by atoms with Crippen molar-refractivity contribution in [2.45, 2.75) is 19.3 Å². The van der Waals surface area contributed by atoms with E-state index in [2.05, 4.69) is 95.6 Å². The lowest BCUT2D eigenvalue weighted by Crippen LogP contribution is -2.11. The SMILES string of the molecule is c1ccc2c(c1)Cc1c-2ccc2c1Cc1cc3c(c4c5ccccc5n-2c14)Cc1ccccc1-3. The highest BCUT2D eigenvalue weighted by Gasteiger charge is 2.32. The Hall–Kier alpha value is -4.10. The van der Waals surface area contributed by atoms with E-state index in [9.17, 15) is 0 Å². The molecule has 0 radical (unpaired) electrons. The fraction of sp³-hybridized carbons (Fsp3) is 0.0909. The van der Waals surface area contributed by atoms with E-state index in [1.165, 1.54) is 83.1 Å². The molecule has 6 aromatic rings. The van der Waals surface area contributed by atoms with Crippen LogP contribution in [0.4, 0.5) is 0 Å². The van der Waals surface area contributed by atoms with Gasteiger partial charge >= 0.3 is 0 Å². The fourth-order valence-corrected chi connectivity index (χ4v) is 7.11. The molecule has 0 N–H and O–H groups in total. The zero-order valence-electron chi connectivity index (χ0n) is 18.7. The summed E-state index contributed by atoms with van der Waals surface area (Å²) in [5, 5.41) is 2.86. The van der Waals surface area contributed by atoms with E-state index in [-0.39, 0.29) is 0 Å². The first-order valence-electron chi connectivity index (χ1n) is 12.3. The molecule has 0 saturated heterocycles. The first kappa shape index (κ1) is 17.4. The minimum absolute atomic E-state index is 1.01. The van der Waals surface area contributed by atoms with Crippen LogP contribution < -0.4 is 0 Å². The number of nitrogens with zero attached hydrogens (tertiary/aromatic N) is 1. The summed E-state index contributed by atoms with van der Waals surface area (Å²) in [5.41, 5.74) is 18.8. The standard InChI is InChI=1S/C33H21N/c1-3-9-22-19(7-1)15-27-24(22)13-14-31-28(27)18-21-17-26-23-10-4-2-8-20(23)16-29(26)32-25-11-5-6-12-30(25)34(31)33(21)32/h1-14,17H,15-16,18H2. The predicted molar refractivity (Wildman–Crippen MR) is 140 cm³/mol. The second kappa shape index (κ2) is 5.87. The Labute approximate surface area is 197 Å². The molecule has 9 rings (SSSR count). The minimum Gasteiger partial charge on any atom is -0.309 e. The van der Waals surface area contributed by atoms with E-state index in [0.717, 1.165) is 19.3 Å². The van der Waals surface area contributed by atoms with Crippen LogP contribution in [0.1, 0.15) is 33.4 Å². The van der Waals surface area contributed by atoms with Gasteiger partial charge in [0.15, 0.2) is 0 Å². The summed E-state index contributed by atoms with van der Waals surface area (Å²) in [5.74, 6) is 0. The van der Waals surface area contributed by atoms with Gasteiger partial charge in [-0.15, -0.1) is 0 Å². The van der Waals surface area contributed by atoms with Gasteiger partial charge in [-0.05, 0) is 86.7 Å². The molecular formula is C33H21N. The molecule has 0 spiro atoms. The van der Waals surface area contributed by atoms with Gasteiger partial charge in [-0.3, -0.25) is 0 Å². The molecule has 0 saturated carbocycles. The molecule has 0 bridgehead atoms. The molecule has 2 aliphatic carbocycles. The van der Waals surface area contributed by atoms with Gasteiger partial charge in [-0.25, -0.2) is 0 Å². The van der Waals surface area contributed by atoms with Gasteiger partial charge < -0.3 is 4.57 Å². The zero-order valence-corrected chi connectivity index (χ0v) is 18.7. The van der Waals surface area contributed by atoms with Gasteiger partial charge in [0, 0.05) is 17.2 Å². The molecule has 0 atom stereocenters. The Morgan fingerprint density at radius 1 is 0.500 bits per heavy atom. The highest BCUT2D eigenvalue weighted by Crippen LogP contribution is 2.50. The van der Waals surface area contributed by atoms with E-state index >= 15 is 0 Å². The van der Waals surface area contributed by atoms with Crippen LogP contribution in [0, 0.1) is 0 Å². The summed E-state index contributed by atoms with van der Waals surface area (Å²) in [7, 11) is 0. The lowest BCUT2D eigenvalue weighted by Gasteiger charge is -2.24.